The molecule has 1 aliphatic rings. The van der Waals surface area contributed by atoms with Gasteiger partial charge in [0, 0.05) is 17.3 Å². The molecule has 0 spiro atoms. The van der Waals surface area contributed by atoms with Gasteiger partial charge in [0.1, 0.15) is 0 Å². The van der Waals surface area contributed by atoms with Crippen LogP contribution in [0.3, 0.4) is 0 Å². The zero-order chi connectivity index (χ0) is 11.7. The smallest absolute Gasteiger partial charge is 0.224 e. The Morgan fingerprint density at radius 2 is 2.13 bits per heavy atom. The molecule has 2 nitrogen and oxygen atoms in total. The van der Waals surface area contributed by atoms with E-state index in [0.717, 1.165) is 19.3 Å². The molecule has 0 radical (unpaired) electrons. The Hall–Kier alpha value is -0.240. The number of carbonyl (C=O) groups is 1. The summed E-state index contributed by atoms with van der Waals surface area (Å²) in [6, 6.07) is 0. The van der Waals surface area contributed by atoms with Crippen LogP contribution < -0.4 is 5.32 Å². The number of carbonyl (C=O) groups excluding carboxylic acids is 1. The highest BCUT2D eigenvalue weighted by atomic mass is 35.5. The molecule has 3 heteroatoms. The van der Waals surface area contributed by atoms with Crippen molar-refractivity contribution in [2.24, 2.45) is 11.3 Å². The van der Waals surface area contributed by atoms with Gasteiger partial charge in [0.25, 0.3) is 0 Å². The first-order valence-corrected chi connectivity index (χ1v) is 6.26. The Kier molecular flexibility index (Phi) is 3.70. The summed E-state index contributed by atoms with van der Waals surface area (Å²) in [5.74, 6) is 1.01. The van der Waals surface area contributed by atoms with Crippen LogP contribution in [0.1, 0.15) is 47.0 Å². The third kappa shape index (κ3) is 3.10. The highest BCUT2D eigenvalue weighted by Gasteiger charge is 2.51. The average molecular weight is 232 g/mol. The van der Waals surface area contributed by atoms with Crippen molar-refractivity contribution in [1.82, 2.24) is 5.32 Å². The predicted molar refractivity (Wildman–Crippen MR) is 64.1 cm³/mol. The molecule has 1 saturated carbocycles. The lowest BCUT2D eigenvalue weighted by Gasteiger charge is -2.29. The lowest BCUT2D eigenvalue weighted by atomic mass is 9.95. The lowest BCUT2D eigenvalue weighted by molar-refractivity contribution is -0.124. The predicted octanol–water partition coefficient (Wildman–Crippen LogP) is 2.95. The topological polar surface area (TPSA) is 29.1 Å². The van der Waals surface area contributed by atoms with Crippen molar-refractivity contribution >= 4 is 17.5 Å². The van der Waals surface area contributed by atoms with Crippen LogP contribution in [0.4, 0.5) is 0 Å². The highest BCUT2D eigenvalue weighted by Crippen LogP contribution is 2.51. The second-order valence-electron chi connectivity index (χ2n) is 5.59. The molecule has 2 unspecified atom stereocenters. The van der Waals surface area contributed by atoms with Gasteiger partial charge in [-0.1, -0.05) is 20.8 Å². The first-order valence-electron chi connectivity index (χ1n) is 5.72. The van der Waals surface area contributed by atoms with Gasteiger partial charge in [-0.25, -0.2) is 0 Å². The van der Waals surface area contributed by atoms with Crippen LogP contribution in [-0.4, -0.2) is 17.3 Å². The molecule has 0 aromatic heterocycles. The Labute approximate surface area is 97.8 Å². The van der Waals surface area contributed by atoms with Crippen LogP contribution in [-0.2, 0) is 4.79 Å². The van der Waals surface area contributed by atoms with E-state index in [1.54, 1.807) is 0 Å². The van der Waals surface area contributed by atoms with Crippen LogP contribution in [0.25, 0.3) is 0 Å². The standard InChI is InChI=1S/C12H22ClNO/c1-5-12(4,6-7-13)14-10(15)9-8-11(9,2)3/h9H,5-8H2,1-4H3,(H,14,15). The summed E-state index contributed by atoms with van der Waals surface area (Å²) < 4.78 is 0. The Morgan fingerprint density at radius 3 is 2.47 bits per heavy atom. The summed E-state index contributed by atoms with van der Waals surface area (Å²) in [6.45, 7) is 8.44. The first kappa shape index (κ1) is 12.8. The third-order valence-electron chi connectivity index (χ3n) is 3.68. The van der Waals surface area contributed by atoms with E-state index in [4.69, 9.17) is 11.6 Å². The van der Waals surface area contributed by atoms with Gasteiger partial charge in [0.15, 0.2) is 0 Å². The van der Waals surface area contributed by atoms with Gasteiger partial charge in [0.05, 0.1) is 0 Å². The van der Waals surface area contributed by atoms with Crippen molar-refractivity contribution in [2.75, 3.05) is 5.88 Å². The molecule has 1 fully saturated rings. The van der Waals surface area contributed by atoms with E-state index >= 15 is 0 Å². The third-order valence-corrected chi connectivity index (χ3v) is 3.87. The maximum Gasteiger partial charge on any atom is 0.224 e. The Morgan fingerprint density at radius 1 is 1.60 bits per heavy atom. The number of halogens is 1. The summed E-state index contributed by atoms with van der Waals surface area (Å²) >= 11 is 5.75. The molecule has 0 heterocycles. The molecular formula is C12H22ClNO. The molecular weight excluding hydrogens is 210 g/mol. The van der Waals surface area contributed by atoms with Crippen LogP contribution in [0.15, 0.2) is 0 Å². The fourth-order valence-corrected chi connectivity index (χ4v) is 2.25. The molecule has 1 N–H and O–H groups in total. The molecule has 88 valence electrons. The van der Waals surface area contributed by atoms with Gasteiger partial charge in [-0.15, -0.1) is 11.6 Å². The Balaban J connectivity index is 2.49. The number of hydrogen-bond donors (Lipinski definition) is 1. The minimum atomic E-state index is -0.127. The second kappa shape index (κ2) is 4.32. The van der Waals surface area contributed by atoms with E-state index in [2.05, 4.69) is 33.0 Å². The summed E-state index contributed by atoms with van der Waals surface area (Å²) in [4.78, 5) is 11.9. The van der Waals surface area contributed by atoms with E-state index in [9.17, 15) is 4.79 Å². The normalized spacial score (nSPS) is 26.9. The molecule has 0 aliphatic heterocycles. The molecule has 1 amide bonds. The van der Waals surface area contributed by atoms with E-state index < -0.39 is 0 Å². The number of hydrogen-bond acceptors (Lipinski definition) is 1. The highest BCUT2D eigenvalue weighted by molar-refractivity contribution is 6.17. The van der Waals surface area contributed by atoms with Crippen molar-refractivity contribution in [3.63, 3.8) is 0 Å². The number of rotatable bonds is 5. The molecule has 1 rings (SSSR count). The quantitative estimate of drug-likeness (QED) is 0.725. The summed E-state index contributed by atoms with van der Waals surface area (Å²) in [6.07, 6.45) is 2.78. The number of amides is 1. The van der Waals surface area contributed by atoms with E-state index in [1.807, 2.05) is 0 Å². The molecule has 2 atom stereocenters. The molecule has 0 bridgehead atoms. The van der Waals surface area contributed by atoms with Crippen molar-refractivity contribution in [3.8, 4) is 0 Å². The number of alkyl halides is 1. The Bertz CT molecular complexity index is 252. The maximum atomic E-state index is 11.9. The largest absolute Gasteiger partial charge is 0.351 e. The molecule has 1 aliphatic carbocycles. The zero-order valence-corrected chi connectivity index (χ0v) is 10.9. The zero-order valence-electron chi connectivity index (χ0n) is 10.2. The number of nitrogens with one attached hydrogen (secondary N) is 1. The van der Waals surface area contributed by atoms with Crippen molar-refractivity contribution in [2.45, 2.75) is 52.5 Å². The van der Waals surface area contributed by atoms with E-state index in [0.29, 0.717) is 5.88 Å². The molecule has 0 aromatic rings. The van der Waals surface area contributed by atoms with Gasteiger partial charge >= 0.3 is 0 Å². The fraction of sp³-hybridized carbons (Fsp3) is 0.917. The summed E-state index contributed by atoms with van der Waals surface area (Å²) in [7, 11) is 0. The summed E-state index contributed by atoms with van der Waals surface area (Å²) in [5, 5.41) is 3.14. The summed E-state index contributed by atoms with van der Waals surface area (Å²) in [5.41, 5.74) is 0.0806. The van der Waals surface area contributed by atoms with Crippen molar-refractivity contribution < 1.29 is 4.79 Å². The maximum absolute atomic E-state index is 11.9. The van der Waals surface area contributed by atoms with Gasteiger partial charge in [-0.3, -0.25) is 4.79 Å². The lowest BCUT2D eigenvalue weighted by Crippen LogP contribution is -2.47. The minimum Gasteiger partial charge on any atom is -0.351 e. The van der Waals surface area contributed by atoms with Gasteiger partial charge < -0.3 is 5.32 Å². The van der Waals surface area contributed by atoms with Crippen molar-refractivity contribution in [1.29, 1.82) is 0 Å². The monoisotopic (exact) mass is 231 g/mol. The van der Waals surface area contributed by atoms with Crippen molar-refractivity contribution in [3.05, 3.63) is 0 Å². The van der Waals surface area contributed by atoms with Crippen LogP contribution in [0.5, 0.6) is 0 Å². The van der Waals surface area contributed by atoms with Crippen LogP contribution in [0.2, 0.25) is 0 Å². The first-order chi connectivity index (χ1) is 6.84. The molecule has 0 saturated heterocycles. The van der Waals surface area contributed by atoms with Gasteiger partial charge in [-0.05, 0) is 31.6 Å². The minimum absolute atomic E-state index is 0.127. The SMILES string of the molecule is CCC(C)(CCCl)NC(=O)C1CC1(C)C. The second-order valence-corrected chi connectivity index (χ2v) is 5.97. The van der Waals surface area contributed by atoms with Crippen LogP contribution in [0, 0.1) is 11.3 Å². The molecule has 0 aromatic carbocycles. The molecule has 15 heavy (non-hydrogen) atoms. The van der Waals surface area contributed by atoms with E-state index in [1.165, 1.54) is 0 Å². The van der Waals surface area contributed by atoms with E-state index in [-0.39, 0.29) is 22.8 Å². The van der Waals surface area contributed by atoms with Gasteiger partial charge in [-0.2, -0.15) is 0 Å². The fourth-order valence-electron chi connectivity index (χ4n) is 1.84. The average Bonchev–Trinajstić information content (AvgIpc) is 2.76. The van der Waals surface area contributed by atoms with Crippen LogP contribution >= 0.6 is 11.6 Å². The van der Waals surface area contributed by atoms with Gasteiger partial charge in [0.2, 0.25) is 5.91 Å².